The van der Waals surface area contributed by atoms with E-state index in [1.54, 1.807) is 6.08 Å². The van der Waals surface area contributed by atoms with Crippen molar-refractivity contribution in [3.05, 3.63) is 68.1 Å². The standard InChI is InChI=1S/C20H21BrCl2O2/c1-4-24-16-6-7-17(13(2)11-16)14(3)15-5-8-19(18(21)12-15)25-10-9-20(22)23/h5-9,11-12,14H,4,10H2,1-3H3. The molecule has 0 saturated carbocycles. The van der Waals surface area contributed by atoms with Gasteiger partial charge in [0.2, 0.25) is 0 Å². The number of rotatable bonds is 7. The van der Waals surface area contributed by atoms with E-state index in [9.17, 15) is 0 Å². The Morgan fingerprint density at radius 1 is 1.16 bits per heavy atom. The topological polar surface area (TPSA) is 18.5 Å². The largest absolute Gasteiger partial charge is 0.494 e. The van der Waals surface area contributed by atoms with Crippen molar-refractivity contribution in [2.75, 3.05) is 13.2 Å². The molecule has 0 bridgehead atoms. The van der Waals surface area contributed by atoms with Crippen molar-refractivity contribution in [3.8, 4) is 11.5 Å². The number of aryl methyl sites for hydroxylation is 1. The van der Waals surface area contributed by atoms with Crippen LogP contribution in [0.15, 0.2) is 51.4 Å². The first-order chi connectivity index (χ1) is 11.9. The molecule has 0 radical (unpaired) electrons. The Labute approximate surface area is 167 Å². The zero-order chi connectivity index (χ0) is 18.4. The average Bonchev–Trinajstić information content (AvgIpc) is 2.56. The summed E-state index contributed by atoms with van der Waals surface area (Å²) in [6, 6.07) is 12.4. The maximum absolute atomic E-state index is 5.65. The second-order valence-corrected chi connectivity index (χ2v) is 7.53. The van der Waals surface area contributed by atoms with Gasteiger partial charge in [0.25, 0.3) is 0 Å². The Hall–Kier alpha value is -1.16. The Balaban J connectivity index is 2.18. The van der Waals surface area contributed by atoms with E-state index in [0.29, 0.717) is 13.2 Å². The SMILES string of the molecule is CCOc1ccc(C(C)c2ccc(OCC=C(Cl)Cl)c(Br)c2)c(C)c1. The second kappa shape index (κ2) is 9.51. The van der Waals surface area contributed by atoms with Gasteiger partial charge >= 0.3 is 0 Å². The third-order valence-electron chi connectivity index (χ3n) is 3.95. The van der Waals surface area contributed by atoms with Crippen molar-refractivity contribution in [1.82, 2.24) is 0 Å². The highest BCUT2D eigenvalue weighted by Gasteiger charge is 2.13. The van der Waals surface area contributed by atoms with E-state index in [1.165, 1.54) is 16.7 Å². The average molecular weight is 444 g/mol. The molecule has 0 amide bonds. The van der Waals surface area contributed by atoms with E-state index >= 15 is 0 Å². The monoisotopic (exact) mass is 442 g/mol. The van der Waals surface area contributed by atoms with Gasteiger partial charge < -0.3 is 9.47 Å². The lowest BCUT2D eigenvalue weighted by molar-refractivity contribution is 0.340. The number of ether oxygens (including phenoxy) is 2. The molecule has 1 unspecified atom stereocenters. The predicted octanol–water partition coefficient (Wildman–Crippen LogP) is 7.01. The molecule has 25 heavy (non-hydrogen) atoms. The molecule has 2 aromatic rings. The van der Waals surface area contributed by atoms with Gasteiger partial charge in [-0.05, 0) is 76.8 Å². The van der Waals surface area contributed by atoms with Gasteiger partial charge in [0.05, 0.1) is 11.1 Å². The summed E-state index contributed by atoms with van der Waals surface area (Å²) in [6.07, 6.45) is 1.61. The van der Waals surface area contributed by atoms with Crippen LogP contribution in [0.2, 0.25) is 0 Å². The summed E-state index contributed by atoms with van der Waals surface area (Å²) in [5, 5.41) is 0. The molecule has 0 fully saturated rings. The van der Waals surface area contributed by atoms with Crippen LogP contribution in [0.25, 0.3) is 0 Å². The number of benzene rings is 2. The zero-order valence-corrected chi connectivity index (χ0v) is 17.6. The highest BCUT2D eigenvalue weighted by atomic mass is 79.9. The van der Waals surface area contributed by atoms with Crippen molar-refractivity contribution in [1.29, 1.82) is 0 Å². The molecule has 1 atom stereocenters. The van der Waals surface area contributed by atoms with E-state index in [0.717, 1.165) is 16.0 Å². The van der Waals surface area contributed by atoms with Crippen LogP contribution < -0.4 is 9.47 Å². The highest BCUT2D eigenvalue weighted by Crippen LogP contribution is 2.34. The fourth-order valence-electron chi connectivity index (χ4n) is 2.67. The maximum Gasteiger partial charge on any atom is 0.133 e. The van der Waals surface area contributed by atoms with E-state index in [-0.39, 0.29) is 10.4 Å². The van der Waals surface area contributed by atoms with Gasteiger partial charge in [0.15, 0.2) is 0 Å². The number of hydrogen-bond acceptors (Lipinski definition) is 2. The molecular weight excluding hydrogens is 423 g/mol. The quantitative estimate of drug-likeness (QED) is 0.458. The third kappa shape index (κ3) is 5.67. The van der Waals surface area contributed by atoms with Crippen molar-refractivity contribution in [3.63, 3.8) is 0 Å². The van der Waals surface area contributed by atoms with Gasteiger partial charge in [0.1, 0.15) is 22.6 Å². The Bertz CT molecular complexity index is 755. The summed E-state index contributed by atoms with van der Waals surface area (Å²) in [6.45, 7) is 7.30. The number of halogens is 3. The molecule has 0 aliphatic rings. The summed E-state index contributed by atoms with van der Waals surface area (Å²) in [5.41, 5.74) is 3.70. The first-order valence-electron chi connectivity index (χ1n) is 8.09. The zero-order valence-electron chi connectivity index (χ0n) is 14.5. The van der Waals surface area contributed by atoms with Crippen LogP contribution in [-0.4, -0.2) is 13.2 Å². The summed E-state index contributed by atoms with van der Waals surface area (Å²) >= 11 is 14.8. The Morgan fingerprint density at radius 2 is 1.92 bits per heavy atom. The molecule has 0 spiro atoms. The fourth-order valence-corrected chi connectivity index (χ4v) is 3.30. The van der Waals surface area contributed by atoms with Crippen molar-refractivity contribution < 1.29 is 9.47 Å². The molecule has 0 heterocycles. The molecular formula is C20H21BrCl2O2. The second-order valence-electron chi connectivity index (χ2n) is 5.67. The van der Waals surface area contributed by atoms with Crippen LogP contribution in [0.4, 0.5) is 0 Å². The number of hydrogen-bond donors (Lipinski definition) is 0. The van der Waals surface area contributed by atoms with Crippen LogP contribution in [0.3, 0.4) is 0 Å². The highest BCUT2D eigenvalue weighted by molar-refractivity contribution is 9.10. The lowest BCUT2D eigenvalue weighted by Crippen LogP contribution is -2.01. The smallest absolute Gasteiger partial charge is 0.133 e. The van der Waals surface area contributed by atoms with Crippen molar-refractivity contribution in [2.45, 2.75) is 26.7 Å². The fraction of sp³-hybridized carbons (Fsp3) is 0.300. The van der Waals surface area contributed by atoms with E-state index in [4.69, 9.17) is 32.7 Å². The summed E-state index contributed by atoms with van der Waals surface area (Å²) in [5.74, 6) is 1.93. The Morgan fingerprint density at radius 3 is 2.52 bits per heavy atom. The minimum atomic E-state index is 0.201. The lowest BCUT2D eigenvalue weighted by atomic mass is 9.90. The summed E-state index contributed by atoms with van der Waals surface area (Å²) in [7, 11) is 0. The molecule has 134 valence electrons. The molecule has 2 rings (SSSR count). The van der Waals surface area contributed by atoms with Crippen LogP contribution >= 0.6 is 39.1 Å². The molecule has 0 saturated heterocycles. The lowest BCUT2D eigenvalue weighted by Gasteiger charge is -2.17. The minimum Gasteiger partial charge on any atom is -0.494 e. The van der Waals surface area contributed by atoms with Crippen molar-refractivity contribution >= 4 is 39.1 Å². The van der Waals surface area contributed by atoms with Crippen LogP contribution in [-0.2, 0) is 0 Å². The maximum atomic E-state index is 5.65. The molecule has 2 aromatic carbocycles. The summed E-state index contributed by atoms with van der Waals surface area (Å²) in [4.78, 5) is 0. The van der Waals surface area contributed by atoms with E-state index in [2.05, 4.69) is 54.0 Å². The molecule has 2 nitrogen and oxygen atoms in total. The minimum absolute atomic E-state index is 0.201. The first kappa shape index (κ1) is 20.2. The van der Waals surface area contributed by atoms with E-state index in [1.807, 2.05) is 19.1 Å². The van der Waals surface area contributed by atoms with E-state index < -0.39 is 0 Å². The molecule has 0 aliphatic heterocycles. The van der Waals surface area contributed by atoms with Crippen LogP contribution in [0.5, 0.6) is 11.5 Å². The van der Waals surface area contributed by atoms with Gasteiger partial charge in [-0.1, -0.05) is 42.3 Å². The van der Waals surface area contributed by atoms with Gasteiger partial charge in [-0.3, -0.25) is 0 Å². The van der Waals surface area contributed by atoms with Gasteiger partial charge in [-0.15, -0.1) is 0 Å². The van der Waals surface area contributed by atoms with Crippen LogP contribution in [0, 0.1) is 6.92 Å². The molecule has 0 aromatic heterocycles. The Kier molecular flexibility index (Phi) is 7.67. The van der Waals surface area contributed by atoms with Crippen molar-refractivity contribution in [2.24, 2.45) is 0 Å². The third-order valence-corrected chi connectivity index (χ3v) is 4.88. The molecule has 5 heteroatoms. The predicted molar refractivity (Wildman–Crippen MR) is 109 cm³/mol. The normalized spacial score (nSPS) is 11.8. The summed E-state index contributed by atoms with van der Waals surface area (Å²) < 4.78 is 12.3. The molecule has 0 aliphatic carbocycles. The molecule has 0 N–H and O–H groups in total. The van der Waals surface area contributed by atoms with Gasteiger partial charge in [-0.25, -0.2) is 0 Å². The van der Waals surface area contributed by atoms with Gasteiger partial charge in [-0.2, -0.15) is 0 Å². The first-order valence-corrected chi connectivity index (χ1v) is 9.64. The van der Waals surface area contributed by atoms with Gasteiger partial charge in [0, 0.05) is 5.92 Å². The van der Waals surface area contributed by atoms with Crippen LogP contribution in [0.1, 0.15) is 36.5 Å².